The maximum Gasteiger partial charge on any atom is 0.416 e. The van der Waals surface area contributed by atoms with Gasteiger partial charge in [0.2, 0.25) is 0 Å². The number of Topliss-reactive ketones (excluding diaryl/α,β-unsaturated/α-hetero) is 1. The fraction of sp³-hybridized carbons (Fsp3) is 0.231. The van der Waals surface area contributed by atoms with Gasteiger partial charge in [0, 0.05) is 14.0 Å². The third kappa shape index (κ3) is 2.67. The first-order valence-electron chi connectivity index (χ1n) is 5.51. The second kappa shape index (κ2) is 4.53. The van der Waals surface area contributed by atoms with E-state index in [0.717, 1.165) is 12.1 Å². The average molecular weight is 268 g/mol. The normalized spacial score (nSPS) is 11.6. The molecule has 1 aromatic heterocycles. The van der Waals surface area contributed by atoms with Crippen LogP contribution in [-0.4, -0.2) is 15.6 Å². The molecule has 100 valence electrons. The molecule has 0 radical (unpaired) electrons. The van der Waals surface area contributed by atoms with Crippen molar-refractivity contribution in [1.82, 2.24) is 9.78 Å². The van der Waals surface area contributed by atoms with E-state index < -0.39 is 11.7 Å². The molecule has 0 aliphatic rings. The molecular weight excluding hydrogens is 257 g/mol. The fourth-order valence-corrected chi connectivity index (χ4v) is 1.74. The van der Waals surface area contributed by atoms with E-state index in [9.17, 15) is 18.0 Å². The van der Waals surface area contributed by atoms with E-state index in [1.807, 2.05) is 0 Å². The highest BCUT2D eigenvalue weighted by atomic mass is 19.4. The molecule has 0 amide bonds. The lowest BCUT2D eigenvalue weighted by Gasteiger charge is -2.07. The third-order valence-corrected chi connectivity index (χ3v) is 2.75. The van der Waals surface area contributed by atoms with E-state index in [-0.39, 0.29) is 11.5 Å². The fourth-order valence-electron chi connectivity index (χ4n) is 1.74. The Balaban J connectivity index is 2.40. The number of nitrogens with zero attached hydrogens (tertiary/aromatic N) is 2. The first-order chi connectivity index (χ1) is 8.79. The number of hydrogen-bond donors (Lipinski definition) is 0. The van der Waals surface area contributed by atoms with Gasteiger partial charge in [0.1, 0.15) is 5.69 Å². The zero-order chi connectivity index (χ0) is 14.2. The number of carbonyl (C=O) groups is 1. The number of alkyl halides is 3. The van der Waals surface area contributed by atoms with E-state index in [1.165, 1.54) is 23.7 Å². The van der Waals surface area contributed by atoms with E-state index in [1.54, 1.807) is 13.1 Å². The van der Waals surface area contributed by atoms with Crippen molar-refractivity contribution in [2.24, 2.45) is 7.05 Å². The molecule has 0 saturated heterocycles. The summed E-state index contributed by atoms with van der Waals surface area (Å²) in [5.74, 6) is -0.186. The zero-order valence-corrected chi connectivity index (χ0v) is 10.3. The number of carbonyl (C=O) groups excluding carboxylic acids is 1. The van der Waals surface area contributed by atoms with Crippen LogP contribution in [0.4, 0.5) is 13.2 Å². The first-order valence-corrected chi connectivity index (χ1v) is 5.51. The molecule has 0 spiro atoms. The number of rotatable bonds is 2. The monoisotopic (exact) mass is 268 g/mol. The summed E-state index contributed by atoms with van der Waals surface area (Å²) in [6, 6.07) is 6.31. The lowest BCUT2D eigenvalue weighted by atomic mass is 10.1. The molecule has 3 nitrogen and oxygen atoms in total. The van der Waals surface area contributed by atoms with Crippen LogP contribution in [-0.2, 0) is 13.2 Å². The quantitative estimate of drug-likeness (QED) is 0.783. The molecule has 19 heavy (non-hydrogen) atoms. The molecule has 2 aromatic rings. The minimum atomic E-state index is -4.35. The summed E-state index contributed by atoms with van der Waals surface area (Å²) in [6.07, 6.45) is -4.35. The van der Waals surface area contributed by atoms with Gasteiger partial charge in [0.25, 0.3) is 0 Å². The van der Waals surface area contributed by atoms with Crippen molar-refractivity contribution in [3.8, 4) is 11.3 Å². The number of aryl methyl sites for hydroxylation is 1. The number of ketones is 1. The lowest BCUT2D eigenvalue weighted by Crippen LogP contribution is -2.04. The maximum atomic E-state index is 12.4. The molecule has 0 unspecified atom stereocenters. The lowest BCUT2D eigenvalue weighted by molar-refractivity contribution is -0.137. The number of halogens is 3. The Morgan fingerprint density at radius 3 is 2.21 bits per heavy atom. The Morgan fingerprint density at radius 1 is 1.21 bits per heavy atom. The molecular formula is C13H11F3N2O. The van der Waals surface area contributed by atoms with Crippen LogP contribution in [0.15, 0.2) is 30.3 Å². The van der Waals surface area contributed by atoms with Crippen LogP contribution in [0.3, 0.4) is 0 Å². The SMILES string of the molecule is CC(=O)c1cc(-c2ccc(C(F)(F)F)cc2)n(C)n1. The number of benzene rings is 1. The molecule has 6 heteroatoms. The van der Waals surface area contributed by atoms with E-state index in [0.29, 0.717) is 11.3 Å². The summed E-state index contributed by atoms with van der Waals surface area (Å²) in [4.78, 5) is 11.2. The summed E-state index contributed by atoms with van der Waals surface area (Å²) in [7, 11) is 1.64. The highest BCUT2D eigenvalue weighted by Crippen LogP contribution is 2.31. The van der Waals surface area contributed by atoms with E-state index >= 15 is 0 Å². The topological polar surface area (TPSA) is 34.9 Å². The summed E-state index contributed by atoms with van der Waals surface area (Å²) in [5.41, 5.74) is 0.761. The van der Waals surface area contributed by atoms with Crippen LogP contribution >= 0.6 is 0 Å². The second-order valence-corrected chi connectivity index (χ2v) is 4.17. The standard InChI is InChI=1S/C13H11F3N2O/c1-8(19)11-7-12(18(2)17-11)9-3-5-10(6-4-9)13(14,15)16/h3-7H,1-2H3. The van der Waals surface area contributed by atoms with Crippen LogP contribution in [0.5, 0.6) is 0 Å². The van der Waals surface area contributed by atoms with Gasteiger partial charge in [0.15, 0.2) is 5.78 Å². The highest BCUT2D eigenvalue weighted by Gasteiger charge is 2.30. The van der Waals surface area contributed by atoms with Crippen LogP contribution < -0.4 is 0 Å². The Bertz CT molecular complexity index is 612. The average Bonchev–Trinajstić information content (AvgIpc) is 2.70. The van der Waals surface area contributed by atoms with E-state index in [4.69, 9.17) is 0 Å². The summed E-state index contributed by atoms with van der Waals surface area (Å²) in [5, 5.41) is 4.00. The molecule has 0 aliphatic heterocycles. The molecule has 0 aliphatic carbocycles. The van der Waals surface area contributed by atoms with Crippen LogP contribution in [0.1, 0.15) is 23.0 Å². The van der Waals surface area contributed by atoms with Gasteiger partial charge in [-0.1, -0.05) is 12.1 Å². The summed E-state index contributed by atoms with van der Waals surface area (Å²) in [6.45, 7) is 1.39. The number of aromatic nitrogens is 2. The van der Waals surface area contributed by atoms with Gasteiger partial charge in [-0.05, 0) is 23.8 Å². The maximum absolute atomic E-state index is 12.4. The van der Waals surface area contributed by atoms with Gasteiger partial charge in [0.05, 0.1) is 11.3 Å². The predicted octanol–water partition coefficient (Wildman–Crippen LogP) is 3.31. The molecule has 1 heterocycles. The largest absolute Gasteiger partial charge is 0.416 e. The molecule has 1 aromatic carbocycles. The predicted molar refractivity (Wildman–Crippen MR) is 63.7 cm³/mol. The zero-order valence-electron chi connectivity index (χ0n) is 10.3. The molecule has 0 fully saturated rings. The number of hydrogen-bond acceptors (Lipinski definition) is 2. The Labute approximate surface area is 107 Å². The third-order valence-electron chi connectivity index (χ3n) is 2.75. The minimum absolute atomic E-state index is 0.186. The Morgan fingerprint density at radius 2 is 1.79 bits per heavy atom. The van der Waals surface area contributed by atoms with E-state index in [2.05, 4.69) is 5.10 Å². The molecule has 0 saturated carbocycles. The highest BCUT2D eigenvalue weighted by molar-refractivity contribution is 5.93. The van der Waals surface area contributed by atoms with Gasteiger partial charge in [-0.15, -0.1) is 0 Å². The van der Waals surface area contributed by atoms with Gasteiger partial charge in [-0.25, -0.2) is 0 Å². The van der Waals surface area contributed by atoms with Crippen LogP contribution in [0, 0.1) is 0 Å². The van der Waals surface area contributed by atoms with Crippen molar-refractivity contribution in [3.05, 3.63) is 41.6 Å². The summed E-state index contributed by atoms with van der Waals surface area (Å²) >= 11 is 0. The first kappa shape index (κ1) is 13.3. The Hall–Kier alpha value is -2.11. The van der Waals surface area contributed by atoms with Gasteiger partial charge in [-0.2, -0.15) is 18.3 Å². The van der Waals surface area contributed by atoms with Crippen molar-refractivity contribution >= 4 is 5.78 Å². The molecule has 0 atom stereocenters. The molecule has 0 N–H and O–H groups in total. The van der Waals surface area contributed by atoms with Crippen molar-refractivity contribution in [3.63, 3.8) is 0 Å². The molecule has 2 rings (SSSR count). The van der Waals surface area contributed by atoms with Gasteiger partial charge >= 0.3 is 6.18 Å². The van der Waals surface area contributed by atoms with Crippen molar-refractivity contribution in [2.45, 2.75) is 13.1 Å². The van der Waals surface area contributed by atoms with Crippen LogP contribution in [0.25, 0.3) is 11.3 Å². The van der Waals surface area contributed by atoms with Crippen LogP contribution in [0.2, 0.25) is 0 Å². The van der Waals surface area contributed by atoms with Crippen molar-refractivity contribution < 1.29 is 18.0 Å². The smallest absolute Gasteiger partial charge is 0.293 e. The van der Waals surface area contributed by atoms with Gasteiger partial charge < -0.3 is 0 Å². The Kier molecular flexibility index (Phi) is 3.18. The molecule has 0 bridgehead atoms. The summed E-state index contributed by atoms with van der Waals surface area (Å²) < 4.78 is 38.8. The van der Waals surface area contributed by atoms with Crippen molar-refractivity contribution in [2.75, 3.05) is 0 Å². The second-order valence-electron chi connectivity index (χ2n) is 4.17. The van der Waals surface area contributed by atoms with Crippen molar-refractivity contribution in [1.29, 1.82) is 0 Å². The minimum Gasteiger partial charge on any atom is -0.293 e. The van der Waals surface area contributed by atoms with Gasteiger partial charge in [-0.3, -0.25) is 9.48 Å².